The number of hydrogen-bond donors (Lipinski definition) is 1. The van der Waals surface area contributed by atoms with Crippen LogP contribution in [0.2, 0.25) is 5.02 Å². The van der Waals surface area contributed by atoms with Gasteiger partial charge in [-0.2, -0.15) is 0 Å². The third-order valence-corrected chi connectivity index (χ3v) is 4.71. The summed E-state index contributed by atoms with van der Waals surface area (Å²) in [5.74, 6) is -0.0711. The van der Waals surface area contributed by atoms with Crippen molar-refractivity contribution in [3.8, 4) is 5.69 Å². The molecule has 2 heterocycles. The lowest BCUT2D eigenvalue weighted by atomic mass is 9.79. The van der Waals surface area contributed by atoms with Gasteiger partial charge in [0.05, 0.1) is 16.3 Å². The summed E-state index contributed by atoms with van der Waals surface area (Å²) in [6, 6.07) is 5.27. The Morgan fingerprint density at radius 2 is 2.17 bits per heavy atom. The fourth-order valence-electron chi connectivity index (χ4n) is 2.82. The number of carbonyl (C=O) groups excluding carboxylic acids is 1. The minimum absolute atomic E-state index is 0. The van der Waals surface area contributed by atoms with Crippen LogP contribution in [0.1, 0.15) is 30.6 Å². The van der Waals surface area contributed by atoms with E-state index < -0.39 is 0 Å². The summed E-state index contributed by atoms with van der Waals surface area (Å²) in [5, 5.41) is 11.4. The zero-order valence-corrected chi connectivity index (χ0v) is 15.1. The number of piperidine rings is 1. The molecule has 0 aliphatic carbocycles. The molecular formula is C15H20Cl2N6O. The first-order chi connectivity index (χ1) is 10.9. The summed E-state index contributed by atoms with van der Waals surface area (Å²) in [6.45, 7) is 5.44. The molecule has 1 unspecified atom stereocenters. The van der Waals surface area contributed by atoms with Crippen molar-refractivity contribution in [2.75, 3.05) is 13.1 Å². The van der Waals surface area contributed by atoms with Gasteiger partial charge in [0.25, 0.3) is 5.91 Å². The lowest BCUT2D eigenvalue weighted by Crippen LogP contribution is -2.54. The summed E-state index contributed by atoms with van der Waals surface area (Å²) >= 11 is 6.31. The predicted octanol–water partition coefficient (Wildman–Crippen LogP) is 1.94. The maximum Gasteiger partial charge on any atom is 0.255 e. The number of hydrogen-bond acceptors (Lipinski definition) is 5. The highest BCUT2D eigenvalue weighted by molar-refractivity contribution is 6.34. The summed E-state index contributed by atoms with van der Waals surface area (Å²) in [7, 11) is 0. The largest absolute Gasteiger partial charge is 0.338 e. The van der Waals surface area contributed by atoms with E-state index in [4.69, 9.17) is 17.3 Å². The van der Waals surface area contributed by atoms with Crippen molar-refractivity contribution >= 4 is 29.9 Å². The molecule has 0 bridgehead atoms. The van der Waals surface area contributed by atoms with Crippen molar-refractivity contribution < 1.29 is 4.79 Å². The molecule has 9 heteroatoms. The molecule has 1 amide bonds. The smallest absolute Gasteiger partial charge is 0.255 e. The van der Waals surface area contributed by atoms with Gasteiger partial charge in [0.1, 0.15) is 6.33 Å². The number of tetrazole rings is 1. The van der Waals surface area contributed by atoms with E-state index in [2.05, 4.69) is 29.4 Å². The van der Waals surface area contributed by atoms with Gasteiger partial charge in [-0.1, -0.05) is 25.4 Å². The number of aromatic nitrogens is 4. The van der Waals surface area contributed by atoms with Crippen molar-refractivity contribution in [3.05, 3.63) is 35.1 Å². The highest BCUT2D eigenvalue weighted by Crippen LogP contribution is 2.30. The molecule has 1 fully saturated rings. The second-order valence-electron chi connectivity index (χ2n) is 6.53. The van der Waals surface area contributed by atoms with Crippen LogP contribution in [0.3, 0.4) is 0 Å². The molecule has 1 aliphatic rings. The molecule has 1 atom stereocenters. The third-order valence-electron chi connectivity index (χ3n) is 4.40. The summed E-state index contributed by atoms with van der Waals surface area (Å²) in [6.07, 6.45) is 2.26. The Kier molecular flexibility index (Phi) is 5.47. The molecule has 7 nitrogen and oxygen atoms in total. The standard InChI is InChI=1S/C15H19ClN6O.ClH/c1-15(2)8-21(6-5-13(15)17)14(23)11-4-3-10(7-12(11)16)22-9-18-19-20-22;/h3-4,7,9,13H,5-6,8,17H2,1-2H3;1H. The summed E-state index contributed by atoms with van der Waals surface area (Å²) in [4.78, 5) is 14.6. The van der Waals surface area contributed by atoms with Crippen LogP contribution in [-0.4, -0.2) is 50.1 Å². The molecule has 0 spiro atoms. The molecule has 1 aromatic carbocycles. The molecule has 0 radical (unpaired) electrons. The number of nitrogens with zero attached hydrogens (tertiary/aromatic N) is 5. The van der Waals surface area contributed by atoms with E-state index in [1.165, 1.54) is 11.0 Å². The Morgan fingerprint density at radius 1 is 1.42 bits per heavy atom. The van der Waals surface area contributed by atoms with Gasteiger partial charge in [-0.05, 0) is 40.5 Å². The van der Waals surface area contributed by atoms with E-state index in [9.17, 15) is 4.79 Å². The van der Waals surface area contributed by atoms with Crippen LogP contribution in [-0.2, 0) is 0 Å². The average molecular weight is 371 g/mol. The van der Waals surface area contributed by atoms with Gasteiger partial charge in [-0.3, -0.25) is 4.79 Å². The van der Waals surface area contributed by atoms with Crippen LogP contribution in [0.5, 0.6) is 0 Å². The molecule has 3 rings (SSSR count). The maximum atomic E-state index is 12.8. The summed E-state index contributed by atoms with van der Waals surface area (Å²) in [5.41, 5.74) is 7.21. The molecule has 1 aliphatic heterocycles. The van der Waals surface area contributed by atoms with Crippen molar-refractivity contribution in [2.45, 2.75) is 26.3 Å². The highest BCUT2D eigenvalue weighted by Gasteiger charge is 2.35. The normalized spacial score (nSPS) is 19.7. The zero-order valence-electron chi connectivity index (χ0n) is 13.5. The van der Waals surface area contributed by atoms with E-state index in [1.54, 1.807) is 18.2 Å². The van der Waals surface area contributed by atoms with Gasteiger partial charge in [0.15, 0.2) is 0 Å². The molecule has 130 valence electrons. The minimum atomic E-state index is -0.104. The molecule has 0 saturated carbocycles. The number of carbonyl (C=O) groups is 1. The molecule has 2 N–H and O–H groups in total. The second-order valence-corrected chi connectivity index (χ2v) is 6.94. The number of amides is 1. The Labute approximate surface area is 151 Å². The lowest BCUT2D eigenvalue weighted by Gasteiger charge is -2.42. The average Bonchev–Trinajstić information content (AvgIpc) is 3.03. The summed E-state index contributed by atoms with van der Waals surface area (Å²) < 4.78 is 1.49. The zero-order chi connectivity index (χ0) is 16.6. The number of rotatable bonds is 2. The molecule has 1 saturated heterocycles. The quantitative estimate of drug-likeness (QED) is 0.871. The number of likely N-dealkylation sites (tertiary alicyclic amines) is 1. The number of nitrogens with two attached hydrogens (primary N) is 1. The van der Waals surface area contributed by atoms with Crippen LogP contribution in [0.4, 0.5) is 0 Å². The van der Waals surface area contributed by atoms with E-state index in [0.717, 1.165) is 6.42 Å². The third kappa shape index (κ3) is 3.53. The van der Waals surface area contributed by atoms with Gasteiger partial charge in [0.2, 0.25) is 0 Å². The topological polar surface area (TPSA) is 89.9 Å². The lowest BCUT2D eigenvalue weighted by molar-refractivity contribution is 0.0533. The maximum absolute atomic E-state index is 12.8. The van der Waals surface area contributed by atoms with Crippen LogP contribution in [0, 0.1) is 5.41 Å². The Balaban J connectivity index is 0.00000208. The van der Waals surface area contributed by atoms with Crippen molar-refractivity contribution in [1.82, 2.24) is 25.1 Å². The Morgan fingerprint density at radius 3 is 2.75 bits per heavy atom. The Hall–Kier alpha value is -1.70. The fourth-order valence-corrected chi connectivity index (χ4v) is 3.07. The predicted molar refractivity (Wildman–Crippen MR) is 93.7 cm³/mol. The van der Waals surface area contributed by atoms with Gasteiger partial charge < -0.3 is 10.6 Å². The van der Waals surface area contributed by atoms with Crippen LogP contribution in [0.25, 0.3) is 5.69 Å². The highest BCUT2D eigenvalue weighted by atomic mass is 35.5. The number of benzene rings is 1. The van der Waals surface area contributed by atoms with Gasteiger partial charge >= 0.3 is 0 Å². The molecule has 1 aromatic heterocycles. The van der Waals surface area contributed by atoms with Gasteiger partial charge in [0, 0.05) is 19.1 Å². The van der Waals surface area contributed by atoms with Crippen molar-refractivity contribution in [3.63, 3.8) is 0 Å². The first-order valence-electron chi connectivity index (χ1n) is 7.46. The molecule has 2 aromatic rings. The van der Waals surface area contributed by atoms with Gasteiger partial charge in [-0.15, -0.1) is 17.5 Å². The first-order valence-corrected chi connectivity index (χ1v) is 7.84. The van der Waals surface area contributed by atoms with Crippen LogP contribution in [0.15, 0.2) is 24.5 Å². The first kappa shape index (κ1) is 18.6. The van der Waals surface area contributed by atoms with E-state index >= 15 is 0 Å². The van der Waals surface area contributed by atoms with E-state index in [0.29, 0.717) is 29.4 Å². The van der Waals surface area contributed by atoms with E-state index in [-0.39, 0.29) is 29.8 Å². The second kappa shape index (κ2) is 7.04. The van der Waals surface area contributed by atoms with Crippen molar-refractivity contribution in [1.29, 1.82) is 0 Å². The number of halogens is 2. The van der Waals surface area contributed by atoms with E-state index in [1.807, 2.05) is 4.90 Å². The fraction of sp³-hybridized carbons (Fsp3) is 0.467. The van der Waals surface area contributed by atoms with Gasteiger partial charge in [-0.25, -0.2) is 4.68 Å². The SMILES string of the molecule is CC1(C)CN(C(=O)c2ccc(-n3cnnn3)cc2Cl)CCC1N.Cl. The van der Waals surface area contributed by atoms with Crippen molar-refractivity contribution in [2.24, 2.45) is 11.1 Å². The molecular weight excluding hydrogens is 351 g/mol. The van der Waals surface area contributed by atoms with Crippen LogP contribution >= 0.6 is 24.0 Å². The monoisotopic (exact) mass is 370 g/mol. The molecule has 24 heavy (non-hydrogen) atoms. The minimum Gasteiger partial charge on any atom is -0.338 e. The van der Waals surface area contributed by atoms with Crippen LogP contribution < -0.4 is 5.73 Å². The Bertz CT molecular complexity index is 719.